The van der Waals surface area contributed by atoms with Gasteiger partial charge in [0.2, 0.25) is 0 Å². The van der Waals surface area contributed by atoms with E-state index in [2.05, 4.69) is 61.3 Å². The number of piperazine rings is 2. The molecular formula is C48H54ClF3N8O6S2. The van der Waals surface area contributed by atoms with Crippen LogP contribution in [-0.2, 0) is 19.9 Å². The molecule has 2 aliphatic heterocycles. The third-order valence-corrected chi connectivity index (χ3v) is 16.7. The van der Waals surface area contributed by atoms with Gasteiger partial charge in [-0.3, -0.25) is 14.6 Å². The van der Waals surface area contributed by atoms with Gasteiger partial charge in [0.25, 0.3) is 25.8 Å². The first kappa shape index (κ1) is 47.9. The second-order valence-electron chi connectivity index (χ2n) is 18.9. The predicted molar refractivity (Wildman–Crippen MR) is 256 cm³/mol. The summed E-state index contributed by atoms with van der Waals surface area (Å²) in [7, 11) is -11.0. The van der Waals surface area contributed by atoms with Crippen molar-refractivity contribution in [1.29, 1.82) is 0 Å². The summed E-state index contributed by atoms with van der Waals surface area (Å²) in [5.74, 6) is -0.896. The normalized spacial score (nSPS) is 20.8. The smallest absolute Gasteiger partial charge is 0.455 e. The van der Waals surface area contributed by atoms with Crippen LogP contribution < -0.4 is 25.0 Å². The number of aromatic amines is 1. The summed E-state index contributed by atoms with van der Waals surface area (Å²) in [5.41, 5.74) is -0.825. The van der Waals surface area contributed by atoms with Crippen molar-refractivity contribution in [2.24, 2.45) is 5.41 Å². The fourth-order valence-corrected chi connectivity index (χ4v) is 11.8. The minimum atomic E-state index is -6.03. The number of anilines is 2. The fraction of sp³-hybridized carbons (Fsp3) is 0.417. The number of aromatic nitrogens is 2. The molecule has 14 nitrogen and oxygen atoms in total. The molecule has 3 fully saturated rings. The molecule has 1 saturated carbocycles. The molecule has 4 aliphatic rings. The summed E-state index contributed by atoms with van der Waals surface area (Å²) < 4.78 is 104. The van der Waals surface area contributed by atoms with E-state index < -0.39 is 41.1 Å². The Morgan fingerprint density at radius 1 is 0.926 bits per heavy atom. The molecule has 20 heteroatoms. The lowest BCUT2D eigenvalue weighted by Gasteiger charge is -2.45. The molecule has 68 heavy (non-hydrogen) atoms. The predicted octanol–water partition coefficient (Wildman–Crippen LogP) is 8.05. The lowest BCUT2D eigenvalue weighted by Crippen LogP contribution is -2.55. The van der Waals surface area contributed by atoms with Gasteiger partial charge in [-0.25, -0.2) is 26.5 Å². The quantitative estimate of drug-likeness (QED) is 0.0897. The number of nitrogens with zero attached hydrogens (tertiary/aromatic N) is 4. The highest BCUT2D eigenvalue weighted by Gasteiger charge is 2.49. The molecule has 4 N–H and O–H groups in total. The van der Waals surface area contributed by atoms with Gasteiger partial charge in [0.15, 0.2) is 0 Å². The number of carbonyl (C=O) groups excluding carboxylic acids is 1. The van der Waals surface area contributed by atoms with Crippen LogP contribution in [0.3, 0.4) is 0 Å². The van der Waals surface area contributed by atoms with Crippen molar-refractivity contribution < 1.29 is 39.5 Å². The van der Waals surface area contributed by atoms with Crippen molar-refractivity contribution in [3.05, 3.63) is 107 Å². The summed E-state index contributed by atoms with van der Waals surface area (Å²) in [6.45, 7) is 11.5. The average Bonchev–Trinajstić information content (AvgIpc) is 3.76. The van der Waals surface area contributed by atoms with Gasteiger partial charge < -0.3 is 25.3 Å². The van der Waals surface area contributed by atoms with E-state index in [0.717, 1.165) is 82.6 Å². The number of ether oxygens (including phenoxy) is 1. The lowest BCUT2D eigenvalue weighted by molar-refractivity contribution is -0.0436. The number of allylic oxidation sites excluding steroid dienone is 1. The van der Waals surface area contributed by atoms with Crippen molar-refractivity contribution >= 4 is 65.3 Å². The van der Waals surface area contributed by atoms with E-state index in [9.17, 15) is 34.8 Å². The molecular weight excluding hydrogens is 941 g/mol. The molecule has 5 aromatic rings. The number of nitrogens with one attached hydrogen (secondary N) is 4. The number of benzene rings is 3. The van der Waals surface area contributed by atoms with Crippen LogP contribution in [0.15, 0.2) is 101 Å². The lowest BCUT2D eigenvalue weighted by atomic mass is 9.72. The van der Waals surface area contributed by atoms with E-state index in [-0.39, 0.29) is 40.2 Å². The van der Waals surface area contributed by atoms with Gasteiger partial charge in [-0.05, 0) is 103 Å². The highest BCUT2D eigenvalue weighted by atomic mass is 35.5. The summed E-state index contributed by atoms with van der Waals surface area (Å²) in [6.07, 6.45) is 7.38. The summed E-state index contributed by atoms with van der Waals surface area (Å²) in [5, 5.41) is 7.60. The Balaban J connectivity index is 0.943. The second kappa shape index (κ2) is 19.0. The van der Waals surface area contributed by atoms with Crippen LogP contribution in [0.25, 0.3) is 16.6 Å². The number of hydrogen-bond donors (Lipinski definition) is 4. The molecule has 2 aliphatic carbocycles. The van der Waals surface area contributed by atoms with Crippen LogP contribution in [0.1, 0.15) is 61.9 Å². The number of sulfone groups is 1. The summed E-state index contributed by atoms with van der Waals surface area (Å²) >= 11 is 6.24. The van der Waals surface area contributed by atoms with Crippen LogP contribution in [0, 0.1) is 5.41 Å². The van der Waals surface area contributed by atoms with Gasteiger partial charge in [0, 0.05) is 99.3 Å². The minimum absolute atomic E-state index is 0.00333. The van der Waals surface area contributed by atoms with Crippen LogP contribution in [0.2, 0.25) is 5.02 Å². The number of pyridine rings is 1. The minimum Gasteiger partial charge on any atom is -0.455 e. The molecule has 9 rings (SSSR count). The molecule has 0 radical (unpaired) electrons. The van der Waals surface area contributed by atoms with Gasteiger partial charge in [-0.2, -0.15) is 13.2 Å². The van der Waals surface area contributed by atoms with Crippen molar-refractivity contribution in [3.63, 3.8) is 0 Å². The van der Waals surface area contributed by atoms with E-state index >= 15 is 0 Å². The van der Waals surface area contributed by atoms with Crippen molar-refractivity contribution in [2.75, 3.05) is 69.1 Å². The third kappa shape index (κ3) is 10.4. The van der Waals surface area contributed by atoms with E-state index in [1.54, 1.807) is 30.5 Å². The van der Waals surface area contributed by atoms with Crippen LogP contribution in [0.4, 0.5) is 24.5 Å². The molecule has 2 aromatic heterocycles. The topological polar surface area (TPSA) is 169 Å². The van der Waals surface area contributed by atoms with E-state index in [1.165, 1.54) is 29.0 Å². The monoisotopic (exact) mass is 994 g/mol. The van der Waals surface area contributed by atoms with Crippen molar-refractivity contribution in [3.8, 4) is 11.5 Å². The van der Waals surface area contributed by atoms with Crippen LogP contribution in [0.5, 0.6) is 11.5 Å². The van der Waals surface area contributed by atoms with Gasteiger partial charge in [-0.1, -0.05) is 43.2 Å². The highest BCUT2D eigenvalue weighted by molar-refractivity contribution is 7.92. The third-order valence-electron chi connectivity index (χ3n) is 13.6. The number of rotatable bonds is 13. The number of H-pyrrole nitrogens is 1. The highest BCUT2D eigenvalue weighted by Crippen LogP contribution is 2.44. The summed E-state index contributed by atoms with van der Waals surface area (Å²) in [4.78, 5) is 26.2. The molecule has 4 heterocycles. The first-order chi connectivity index (χ1) is 32.3. The maximum Gasteiger partial charge on any atom is 0.501 e. The largest absolute Gasteiger partial charge is 0.501 e. The molecule has 0 bridgehead atoms. The Kier molecular flexibility index (Phi) is 13.3. The van der Waals surface area contributed by atoms with Gasteiger partial charge in [0.1, 0.15) is 22.0 Å². The van der Waals surface area contributed by atoms with Crippen LogP contribution in [-0.4, -0.2) is 119 Å². The number of halogens is 4. The van der Waals surface area contributed by atoms with Gasteiger partial charge in [-0.15, -0.1) is 0 Å². The fourth-order valence-electron chi connectivity index (χ4n) is 9.62. The Hall–Kier alpha value is -5.18. The number of amides is 1. The standard InChI is InChI=1S/C48H54ClF3N8O6S2/c1-47(2)13-11-33(41(28-47)31-3-5-34(49)6-4-31)30-58-19-21-60(22-20-58)36-7-9-40(43(26-36)66-38-23-32-12-14-54-45(32)55-29-38)46(61)57-68(64,65)39-8-10-42(44(27-39)67(62,63)48(50,51)52)56-35-24-37(25-35)59-17-15-53-16-18-59/h3-10,12,14,23,26-27,29,35,37,53,56H,11,13,15-22,24-25,28,30H2,1-2H3,(H,54,55)(H,57,61). The van der Waals surface area contributed by atoms with Gasteiger partial charge >= 0.3 is 5.51 Å². The molecule has 1 amide bonds. The van der Waals surface area contributed by atoms with E-state index in [0.29, 0.717) is 48.4 Å². The van der Waals surface area contributed by atoms with Crippen molar-refractivity contribution in [2.45, 2.75) is 73.3 Å². The zero-order valence-corrected chi connectivity index (χ0v) is 40.1. The Morgan fingerprint density at radius 3 is 2.38 bits per heavy atom. The number of carbonyl (C=O) groups is 1. The maximum atomic E-state index is 14.1. The first-order valence-corrected chi connectivity index (χ1v) is 26.1. The number of alkyl halides is 3. The molecule has 0 unspecified atom stereocenters. The Morgan fingerprint density at radius 2 is 1.66 bits per heavy atom. The second-order valence-corrected chi connectivity index (χ2v) is 22.9. The number of fused-ring (bicyclic) bond motifs is 1. The number of sulfonamides is 1. The number of hydrogen-bond acceptors (Lipinski definition) is 12. The zero-order valence-electron chi connectivity index (χ0n) is 37.7. The Bertz CT molecular complexity index is 2950. The average molecular weight is 996 g/mol. The molecule has 3 aromatic carbocycles. The molecule has 0 spiro atoms. The zero-order chi connectivity index (χ0) is 48.0. The molecule has 362 valence electrons. The van der Waals surface area contributed by atoms with Gasteiger partial charge in [0.05, 0.1) is 22.3 Å². The molecule has 2 saturated heterocycles. The van der Waals surface area contributed by atoms with E-state index in [4.69, 9.17) is 16.3 Å². The summed E-state index contributed by atoms with van der Waals surface area (Å²) in [6, 6.07) is 18.6. The SMILES string of the molecule is CC1(C)CCC(CN2CCN(c3ccc(C(=O)NS(=O)(=O)c4ccc(NC5CC(N6CCNCC6)C5)c(S(=O)(=O)C(F)(F)F)c4)c(Oc4cnc5[nH]ccc5c4)c3)CC2)=C(c2ccc(Cl)cc2)C1. The Labute approximate surface area is 399 Å². The van der Waals surface area contributed by atoms with Crippen LogP contribution >= 0.6 is 11.6 Å². The molecule has 0 atom stereocenters. The van der Waals surface area contributed by atoms with Crippen molar-refractivity contribution in [1.82, 2.24) is 29.8 Å². The first-order valence-electron chi connectivity index (χ1n) is 22.7. The maximum absolute atomic E-state index is 14.1. The van der Waals surface area contributed by atoms with E-state index in [1.807, 2.05) is 16.9 Å².